The Balaban J connectivity index is 2.35. The average Bonchev–Trinajstić information content (AvgIpc) is 2.92. The number of hydrogen-bond acceptors (Lipinski definition) is 6. The van der Waals surface area contributed by atoms with Crippen molar-refractivity contribution < 1.29 is 18.3 Å². The van der Waals surface area contributed by atoms with Crippen molar-refractivity contribution in [3.63, 3.8) is 0 Å². The number of H-pyrrole nitrogens is 1. The van der Waals surface area contributed by atoms with Gasteiger partial charge in [-0.05, 0) is 25.1 Å². The Labute approximate surface area is 124 Å². The summed E-state index contributed by atoms with van der Waals surface area (Å²) >= 11 is 5.83. The van der Waals surface area contributed by atoms with E-state index in [9.17, 15) is 13.2 Å². The van der Waals surface area contributed by atoms with Crippen LogP contribution in [0.3, 0.4) is 0 Å². The number of benzene rings is 1. The summed E-state index contributed by atoms with van der Waals surface area (Å²) in [6.07, 6.45) is 0. The third-order valence-electron chi connectivity index (χ3n) is 2.55. The van der Waals surface area contributed by atoms with Gasteiger partial charge in [-0.15, -0.1) is 10.2 Å². The number of carboxylic acids is 1. The van der Waals surface area contributed by atoms with Crippen molar-refractivity contribution in [2.24, 2.45) is 0 Å². The minimum absolute atomic E-state index is 0.0900. The van der Waals surface area contributed by atoms with Crippen LogP contribution in [-0.2, 0) is 10.0 Å². The smallest absolute Gasteiger partial charge is 0.335 e. The molecule has 0 bridgehead atoms. The fraction of sp³-hybridized carbons (Fsp3) is 0.200. The molecule has 1 aromatic carbocycles. The van der Waals surface area contributed by atoms with Crippen LogP contribution in [0.4, 0.5) is 0 Å². The Bertz CT molecular complexity index is 762. The lowest BCUT2D eigenvalue weighted by molar-refractivity contribution is 0.0696. The molecule has 1 unspecified atom stereocenters. The first-order valence-corrected chi connectivity index (χ1v) is 7.46. The standard InChI is InChI=1S/C10H10ClN5O4S/c1-5(9-12-15-16-13-9)14-21(19,20)8-4-6(10(17)18)2-3-7(8)11/h2-5,14H,1H3,(H,17,18)(H,12,13,15,16). The molecule has 2 aromatic rings. The summed E-state index contributed by atoms with van der Waals surface area (Å²) in [6.45, 7) is 1.51. The fourth-order valence-corrected chi connectivity index (χ4v) is 3.27. The van der Waals surface area contributed by atoms with Crippen LogP contribution in [0.1, 0.15) is 29.1 Å². The summed E-state index contributed by atoms with van der Waals surface area (Å²) in [5.74, 6) is -1.11. The Kier molecular flexibility index (Phi) is 4.21. The molecule has 1 aromatic heterocycles. The fourth-order valence-electron chi connectivity index (χ4n) is 1.54. The van der Waals surface area contributed by atoms with Gasteiger partial charge in [-0.25, -0.2) is 17.9 Å². The van der Waals surface area contributed by atoms with E-state index in [0.29, 0.717) is 0 Å². The van der Waals surface area contributed by atoms with Gasteiger partial charge in [0.1, 0.15) is 4.90 Å². The first-order valence-electron chi connectivity index (χ1n) is 5.60. The molecule has 0 saturated heterocycles. The average molecular weight is 332 g/mol. The Hall–Kier alpha value is -2.04. The summed E-state index contributed by atoms with van der Waals surface area (Å²) in [5.41, 5.74) is -0.188. The molecule has 0 aliphatic rings. The van der Waals surface area contributed by atoms with Crippen molar-refractivity contribution in [2.45, 2.75) is 17.9 Å². The van der Waals surface area contributed by atoms with E-state index >= 15 is 0 Å². The van der Waals surface area contributed by atoms with Gasteiger partial charge < -0.3 is 5.11 Å². The van der Waals surface area contributed by atoms with Crippen LogP contribution in [0.5, 0.6) is 0 Å². The molecule has 0 radical (unpaired) electrons. The number of aromatic carboxylic acids is 1. The number of nitrogens with zero attached hydrogens (tertiary/aromatic N) is 3. The molecular formula is C10H10ClN5O4S. The number of rotatable bonds is 5. The summed E-state index contributed by atoms with van der Waals surface area (Å²) in [4.78, 5) is 10.6. The summed E-state index contributed by atoms with van der Waals surface area (Å²) in [7, 11) is -4.04. The van der Waals surface area contributed by atoms with Gasteiger partial charge in [-0.3, -0.25) is 0 Å². The molecule has 1 heterocycles. The summed E-state index contributed by atoms with van der Waals surface area (Å²) < 4.78 is 26.8. The first-order chi connectivity index (χ1) is 9.81. The quantitative estimate of drug-likeness (QED) is 0.728. The molecule has 1 atom stereocenters. The van der Waals surface area contributed by atoms with Gasteiger partial charge in [-0.2, -0.15) is 5.21 Å². The lowest BCUT2D eigenvalue weighted by Crippen LogP contribution is -2.28. The molecule has 0 saturated carbocycles. The second kappa shape index (κ2) is 5.76. The van der Waals surface area contributed by atoms with Crippen LogP contribution >= 0.6 is 11.6 Å². The molecular weight excluding hydrogens is 322 g/mol. The number of carbonyl (C=O) groups is 1. The number of aromatic nitrogens is 4. The first kappa shape index (κ1) is 15.4. The lowest BCUT2D eigenvalue weighted by Gasteiger charge is -2.12. The zero-order valence-electron chi connectivity index (χ0n) is 10.6. The highest BCUT2D eigenvalue weighted by Crippen LogP contribution is 2.24. The molecule has 0 aliphatic heterocycles. The van der Waals surface area contributed by atoms with Gasteiger partial charge in [-0.1, -0.05) is 16.8 Å². The van der Waals surface area contributed by atoms with Crippen LogP contribution in [0.2, 0.25) is 5.02 Å². The Morgan fingerprint density at radius 3 is 2.76 bits per heavy atom. The van der Waals surface area contributed by atoms with Crippen molar-refractivity contribution in [3.8, 4) is 0 Å². The molecule has 2 rings (SSSR count). The Morgan fingerprint density at radius 2 is 2.19 bits per heavy atom. The topological polar surface area (TPSA) is 138 Å². The maximum atomic E-state index is 12.3. The summed E-state index contributed by atoms with van der Waals surface area (Å²) in [6, 6.07) is 2.64. The molecule has 9 nitrogen and oxygen atoms in total. The zero-order valence-corrected chi connectivity index (χ0v) is 12.2. The van der Waals surface area contributed by atoms with Gasteiger partial charge in [0.05, 0.1) is 16.6 Å². The maximum absolute atomic E-state index is 12.3. The number of aromatic amines is 1. The predicted octanol–water partition coefficient (Wildman–Crippen LogP) is 0.591. The van der Waals surface area contributed by atoms with Crippen LogP contribution in [0.15, 0.2) is 23.1 Å². The highest BCUT2D eigenvalue weighted by atomic mass is 35.5. The van der Waals surface area contributed by atoms with E-state index in [1.165, 1.54) is 19.1 Å². The highest BCUT2D eigenvalue weighted by Gasteiger charge is 2.24. The van der Waals surface area contributed by atoms with E-state index in [1.807, 2.05) is 0 Å². The minimum Gasteiger partial charge on any atom is -0.478 e. The number of carboxylic acid groups (broad SMARTS) is 1. The second-order valence-corrected chi connectivity index (χ2v) is 6.15. The van der Waals surface area contributed by atoms with Gasteiger partial charge in [0.15, 0.2) is 5.82 Å². The van der Waals surface area contributed by atoms with Crippen LogP contribution < -0.4 is 4.72 Å². The molecule has 11 heteroatoms. The molecule has 3 N–H and O–H groups in total. The summed E-state index contributed by atoms with van der Waals surface area (Å²) in [5, 5.41) is 21.7. The molecule has 112 valence electrons. The molecule has 0 fully saturated rings. The van der Waals surface area contributed by atoms with Crippen molar-refractivity contribution in [2.75, 3.05) is 0 Å². The zero-order chi connectivity index (χ0) is 15.6. The number of nitrogens with one attached hydrogen (secondary N) is 2. The third-order valence-corrected chi connectivity index (χ3v) is 4.57. The third kappa shape index (κ3) is 3.35. The van der Waals surface area contributed by atoms with E-state index in [2.05, 4.69) is 25.3 Å². The van der Waals surface area contributed by atoms with E-state index in [-0.39, 0.29) is 21.3 Å². The number of hydrogen-bond donors (Lipinski definition) is 3. The molecule has 21 heavy (non-hydrogen) atoms. The van der Waals surface area contributed by atoms with Gasteiger partial charge >= 0.3 is 5.97 Å². The van der Waals surface area contributed by atoms with Crippen LogP contribution in [-0.4, -0.2) is 40.1 Å². The van der Waals surface area contributed by atoms with Gasteiger partial charge in [0.2, 0.25) is 10.0 Å². The Morgan fingerprint density at radius 1 is 1.48 bits per heavy atom. The largest absolute Gasteiger partial charge is 0.478 e. The van der Waals surface area contributed by atoms with E-state index < -0.39 is 22.0 Å². The minimum atomic E-state index is -4.04. The van der Waals surface area contributed by atoms with E-state index in [4.69, 9.17) is 16.7 Å². The lowest BCUT2D eigenvalue weighted by atomic mass is 10.2. The van der Waals surface area contributed by atoms with E-state index in [1.54, 1.807) is 0 Å². The van der Waals surface area contributed by atoms with E-state index in [0.717, 1.165) is 6.07 Å². The number of tetrazole rings is 1. The number of sulfonamides is 1. The predicted molar refractivity (Wildman–Crippen MR) is 71.3 cm³/mol. The SMILES string of the molecule is CC(NS(=O)(=O)c1cc(C(=O)O)ccc1Cl)c1nn[nH]n1. The van der Waals surface area contributed by atoms with Crippen molar-refractivity contribution in [1.82, 2.24) is 25.3 Å². The van der Waals surface area contributed by atoms with Crippen molar-refractivity contribution in [1.29, 1.82) is 0 Å². The van der Waals surface area contributed by atoms with Crippen molar-refractivity contribution >= 4 is 27.6 Å². The normalized spacial score (nSPS) is 13.0. The van der Waals surface area contributed by atoms with Gasteiger partial charge in [0, 0.05) is 0 Å². The van der Waals surface area contributed by atoms with Crippen molar-refractivity contribution in [3.05, 3.63) is 34.6 Å². The molecule has 0 spiro atoms. The number of halogens is 1. The van der Waals surface area contributed by atoms with Gasteiger partial charge in [0.25, 0.3) is 0 Å². The second-order valence-electron chi connectivity index (χ2n) is 4.06. The monoisotopic (exact) mass is 331 g/mol. The maximum Gasteiger partial charge on any atom is 0.335 e. The highest BCUT2D eigenvalue weighted by molar-refractivity contribution is 7.89. The molecule has 0 aliphatic carbocycles. The van der Waals surface area contributed by atoms with Crippen LogP contribution in [0.25, 0.3) is 0 Å². The molecule has 0 amide bonds. The van der Waals surface area contributed by atoms with Crippen LogP contribution in [0, 0.1) is 0 Å².